The van der Waals surface area contributed by atoms with Gasteiger partial charge in [0.2, 0.25) is 0 Å². The van der Waals surface area contributed by atoms with Gasteiger partial charge in [-0.3, -0.25) is 4.90 Å². The van der Waals surface area contributed by atoms with Gasteiger partial charge in [0.25, 0.3) is 0 Å². The fourth-order valence-corrected chi connectivity index (χ4v) is 3.33. The average Bonchev–Trinajstić information content (AvgIpc) is 2.45. The molecule has 1 aliphatic heterocycles. The van der Waals surface area contributed by atoms with Gasteiger partial charge in [-0.15, -0.1) is 0 Å². The summed E-state index contributed by atoms with van der Waals surface area (Å²) < 4.78 is 43.7. The Morgan fingerprint density at radius 2 is 1.91 bits per heavy atom. The molecule has 2 aliphatic rings. The lowest BCUT2D eigenvalue weighted by Crippen LogP contribution is -2.52. The van der Waals surface area contributed by atoms with E-state index in [1.165, 1.54) is 0 Å². The first-order valence-electron chi connectivity index (χ1n) is 8.09. The number of hydrogen-bond acceptors (Lipinski definition) is 4. The maximum absolute atomic E-state index is 12.8. The standard InChI is InChI=1S/C15H27F3N2O2/c1-14(21,11-20-5-7-22-8-6-20)10-19-13-4-2-3-12(9-13)15(16,17)18/h12-13,19,21H,2-11H2,1H3. The number of ether oxygens (including phenoxy) is 1. The Morgan fingerprint density at radius 3 is 2.55 bits per heavy atom. The summed E-state index contributed by atoms with van der Waals surface area (Å²) in [6, 6.07) is -0.156. The van der Waals surface area contributed by atoms with Crippen molar-refractivity contribution < 1.29 is 23.0 Å². The molecule has 0 aromatic rings. The fourth-order valence-electron chi connectivity index (χ4n) is 3.33. The van der Waals surface area contributed by atoms with E-state index < -0.39 is 17.7 Å². The van der Waals surface area contributed by atoms with Crippen molar-refractivity contribution in [1.29, 1.82) is 0 Å². The molecule has 0 bridgehead atoms. The minimum atomic E-state index is -4.10. The van der Waals surface area contributed by atoms with E-state index >= 15 is 0 Å². The SMILES string of the molecule is CC(O)(CNC1CCCC(C(F)(F)F)C1)CN1CCOCC1. The topological polar surface area (TPSA) is 44.7 Å². The number of nitrogens with zero attached hydrogens (tertiary/aromatic N) is 1. The quantitative estimate of drug-likeness (QED) is 0.809. The van der Waals surface area contributed by atoms with Gasteiger partial charge in [0.15, 0.2) is 0 Å². The summed E-state index contributed by atoms with van der Waals surface area (Å²) in [6.45, 7) is 5.47. The van der Waals surface area contributed by atoms with E-state index in [1.807, 2.05) is 0 Å². The highest BCUT2D eigenvalue weighted by atomic mass is 19.4. The summed E-state index contributed by atoms with van der Waals surface area (Å²) in [4.78, 5) is 2.13. The van der Waals surface area contributed by atoms with E-state index in [9.17, 15) is 18.3 Å². The lowest BCUT2D eigenvalue weighted by atomic mass is 9.85. The molecule has 1 saturated heterocycles. The molecular formula is C15H27F3N2O2. The summed E-state index contributed by atoms with van der Waals surface area (Å²) in [6.07, 6.45) is -2.41. The number of morpholine rings is 1. The highest BCUT2D eigenvalue weighted by Crippen LogP contribution is 2.37. The Labute approximate surface area is 130 Å². The predicted molar refractivity (Wildman–Crippen MR) is 77.7 cm³/mol. The van der Waals surface area contributed by atoms with Gasteiger partial charge < -0.3 is 15.2 Å². The van der Waals surface area contributed by atoms with Crippen molar-refractivity contribution in [2.24, 2.45) is 5.92 Å². The zero-order valence-corrected chi connectivity index (χ0v) is 13.2. The third-order valence-electron chi connectivity index (χ3n) is 4.58. The summed E-state index contributed by atoms with van der Waals surface area (Å²) >= 11 is 0. The number of β-amino-alcohol motifs (C(OH)–C–C–N with tert-alkyl or cyclic N) is 1. The Bertz CT molecular complexity index is 344. The molecule has 7 heteroatoms. The van der Waals surface area contributed by atoms with Crippen LogP contribution in [-0.2, 0) is 4.74 Å². The van der Waals surface area contributed by atoms with Crippen molar-refractivity contribution in [2.45, 2.75) is 50.4 Å². The number of hydrogen-bond donors (Lipinski definition) is 2. The first-order chi connectivity index (χ1) is 10.3. The molecule has 0 aromatic heterocycles. The molecule has 1 heterocycles. The van der Waals surface area contributed by atoms with Crippen LogP contribution in [0.4, 0.5) is 13.2 Å². The second-order valence-corrected chi connectivity index (χ2v) is 6.87. The highest BCUT2D eigenvalue weighted by molar-refractivity contribution is 4.86. The van der Waals surface area contributed by atoms with Gasteiger partial charge in [-0.05, 0) is 26.2 Å². The first kappa shape index (κ1) is 18.0. The molecule has 0 amide bonds. The van der Waals surface area contributed by atoms with Crippen molar-refractivity contribution in [3.63, 3.8) is 0 Å². The van der Waals surface area contributed by atoms with E-state index in [-0.39, 0.29) is 18.9 Å². The zero-order chi connectivity index (χ0) is 16.2. The van der Waals surface area contributed by atoms with Crippen LogP contribution in [0.25, 0.3) is 0 Å². The lowest BCUT2D eigenvalue weighted by molar-refractivity contribution is -0.183. The third kappa shape index (κ3) is 5.68. The second kappa shape index (κ2) is 7.47. The highest BCUT2D eigenvalue weighted by Gasteiger charge is 2.42. The molecular weight excluding hydrogens is 297 g/mol. The number of rotatable bonds is 5. The van der Waals surface area contributed by atoms with E-state index in [0.29, 0.717) is 32.7 Å². The Morgan fingerprint density at radius 1 is 1.23 bits per heavy atom. The Balaban J connectivity index is 1.75. The first-order valence-corrected chi connectivity index (χ1v) is 8.09. The molecule has 130 valence electrons. The molecule has 3 atom stereocenters. The summed E-state index contributed by atoms with van der Waals surface area (Å²) in [5.41, 5.74) is -0.942. The van der Waals surface area contributed by atoms with Crippen LogP contribution in [0.15, 0.2) is 0 Å². The van der Waals surface area contributed by atoms with E-state index in [1.54, 1.807) is 6.92 Å². The average molecular weight is 324 g/mol. The van der Waals surface area contributed by atoms with Crippen molar-refractivity contribution in [3.05, 3.63) is 0 Å². The molecule has 1 saturated carbocycles. The van der Waals surface area contributed by atoms with Crippen LogP contribution in [0.3, 0.4) is 0 Å². The zero-order valence-electron chi connectivity index (χ0n) is 13.2. The predicted octanol–water partition coefficient (Wildman–Crippen LogP) is 1.78. The molecule has 2 fully saturated rings. The second-order valence-electron chi connectivity index (χ2n) is 6.87. The molecule has 0 spiro atoms. The summed E-state index contributed by atoms with van der Waals surface area (Å²) in [7, 11) is 0. The van der Waals surface area contributed by atoms with E-state index in [2.05, 4.69) is 10.2 Å². The molecule has 2 N–H and O–H groups in total. The number of aliphatic hydroxyl groups is 1. The smallest absolute Gasteiger partial charge is 0.388 e. The van der Waals surface area contributed by atoms with E-state index in [4.69, 9.17) is 4.74 Å². The molecule has 4 nitrogen and oxygen atoms in total. The van der Waals surface area contributed by atoms with Crippen molar-refractivity contribution in [1.82, 2.24) is 10.2 Å². The van der Waals surface area contributed by atoms with Crippen molar-refractivity contribution in [3.8, 4) is 0 Å². The van der Waals surface area contributed by atoms with Crippen LogP contribution in [0, 0.1) is 5.92 Å². The number of alkyl halides is 3. The van der Waals surface area contributed by atoms with Crippen LogP contribution in [0.2, 0.25) is 0 Å². The van der Waals surface area contributed by atoms with Crippen LogP contribution < -0.4 is 5.32 Å². The van der Waals surface area contributed by atoms with Crippen LogP contribution >= 0.6 is 0 Å². The van der Waals surface area contributed by atoms with Gasteiger partial charge in [0.05, 0.1) is 24.7 Å². The van der Waals surface area contributed by atoms with Crippen LogP contribution in [0.5, 0.6) is 0 Å². The number of nitrogens with one attached hydrogen (secondary N) is 1. The van der Waals surface area contributed by atoms with Crippen LogP contribution in [-0.4, -0.2) is 67.2 Å². The van der Waals surface area contributed by atoms with Crippen molar-refractivity contribution in [2.75, 3.05) is 39.4 Å². The lowest BCUT2D eigenvalue weighted by Gasteiger charge is -2.36. The van der Waals surface area contributed by atoms with Gasteiger partial charge in [0, 0.05) is 32.2 Å². The van der Waals surface area contributed by atoms with Gasteiger partial charge in [0.1, 0.15) is 0 Å². The molecule has 2 rings (SSSR count). The molecule has 1 aliphatic carbocycles. The minimum absolute atomic E-state index is 0.122. The number of halogens is 3. The van der Waals surface area contributed by atoms with Crippen molar-refractivity contribution >= 4 is 0 Å². The molecule has 0 aromatic carbocycles. The largest absolute Gasteiger partial charge is 0.391 e. The van der Waals surface area contributed by atoms with E-state index in [0.717, 1.165) is 19.5 Å². The summed E-state index contributed by atoms with van der Waals surface area (Å²) in [5.74, 6) is -1.21. The Hall–Kier alpha value is -0.370. The molecule has 3 unspecified atom stereocenters. The van der Waals surface area contributed by atoms with Gasteiger partial charge in [-0.2, -0.15) is 13.2 Å². The van der Waals surface area contributed by atoms with Gasteiger partial charge in [-0.1, -0.05) is 6.42 Å². The fraction of sp³-hybridized carbons (Fsp3) is 1.00. The summed E-state index contributed by atoms with van der Waals surface area (Å²) in [5, 5.41) is 13.6. The Kier molecular flexibility index (Phi) is 6.10. The normalized spacial score (nSPS) is 31.0. The molecule has 22 heavy (non-hydrogen) atoms. The monoisotopic (exact) mass is 324 g/mol. The minimum Gasteiger partial charge on any atom is -0.388 e. The molecule has 0 radical (unpaired) electrons. The van der Waals surface area contributed by atoms with Crippen LogP contribution in [0.1, 0.15) is 32.6 Å². The maximum atomic E-state index is 12.8. The van der Waals surface area contributed by atoms with Gasteiger partial charge in [-0.25, -0.2) is 0 Å². The third-order valence-corrected chi connectivity index (χ3v) is 4.58. The maximum Gasteiger partial charge on any atom is 0.391 e. The van der Waals surface area contributed by atoms with Gasteiger partial charge >= 0.3 is 6.18 Å².